The van der Waals surface area contributed by atoms with Gasteiger partial charge in [0.15, 0.2) is 0 Å². The van der Waals surface area contributed by atoms with Gasteiger partial charge in [-0.1, -0.05) is 0 Å². The second-order valence-corrected chi connectivity index (χ2v) is 7.16. The molecule has 0 N–H and O–H groups in total. The fourth-order valence-electron chi connectivity index (χ4n) is 1.86. The molecule has 0 aromatic carbocycles. The largest absolute Gasteiger partial charge is 0.496 e. The molecule has 4 nitrogen and oxygen atoms in total. The molecule has 0 radical (unpaired) electrons. The highest BCUT2D eigenvalue weighted by molar-refractivity contribution is 9.10. The van der Waals surface area contributed by atoms with Crippen LogP contribution < -0.4 is 10.2 Å². The predicted molar refractivity (Wildman–Crippen MR) is 83.4 cm³/mol. The van der Waals surface area contributed by atoms with Crippen molar-refractivity contribution < 1.29 is 14.0 Å². The molecule has 0 bridgehead atoms. The Morgan fingerprint density at radius 2 is 1.75 bits per heavy atom. The Labute approximate surface area is 129 Å². The van der Waals surface area contributed by atoms with Crippen molar-refractivity contribution in [2.24, 2.45) is 0 Å². The number of hydrogen-bond donors (Lipinski definition) is 0. The zero-order valence-electron chi connectivity index (χ0n) is 12.9. The van der Waals surface area contributed by atoms with Gasteiger partial charge in [0.05, 0.1) is 21.8 Å². The van der Waals surface area contributed by atoms with Crippen molar-refractivity contribution in [3.05, 3.63) is 16.7 Å². The number of halogens is 1. The van der Waals surface area contributed by atoms with E-state index in [1.54, 1.807) is 6.20 Å². The molecule has 1 saturated heterocycles. The number of nitrogens with zero attached hydrogens (tertiary/aromatic N) is 1. The highest BCUT2D eigenvalue weighted by Gasteiger charge is 2.51. The zero-order valence-corrected chi connectivity index (χ0v) is 14.4. The third-order valence-electron chi connectivity index (χ3n) is 3.70. The van der Waals surface area contributed by atoms with Gasteiger partial charge < -0.3 is 14.0 Å². The minimum atomic E-state index is -0.406. The molecule has 0 atom stereocenters. The van der Waals surface area contributed by atoms with Gasteiger partial charge in [-0.25, -0.2) is 4.98 Å². The third-order valence-corrected chi connectivity index (χ3v) is 4.27. The zero-order chi connectivity index (χ0) is 15.1. The van der Waals surface area contributed by atoms with Crippen molar-refractivity contribution in [2.45, 2.75) is 58.8 Å². The van der Waals surface area contributed by atoms with E-state index >= 15 is 0 Å². The molecule has 110 valence electrons. The van der Waals surface area contributed by atoms with Crippen LogP contribution in [0.3, 0.4) is 0 Å². The molecule has 0 unspecified atom stereocenters. The van der Waals surface area contributed by atoms with Crippen LogP contribution in [0.1, 0.15) is 41.5 Å². The maximum atomic E-state index is 6.00. The molecule has 0 saturated carbocycles. The van der Waals surface area contributed by atoms with E-state index in [2.05, 4.69) is 20.9 Å². The van der Waals surface area contributed by atoms with Gasteiger partial charge in [0, 0.05) is 11.7 Å². The van der Waals surface area contributed by atoms with E-state index in [1.165, 1.54) is 0 Å². The molecule has 0 aliphatic carbocycles. The van der Waals surface area contributed by atoms with Gasteiger partial charge in [0.2, 0.25) is 5.88 Å². The molecule has 1 aliphatic rings. The highest BCUT2D eigenvalue weighted by Crippen LogP contribution is 2.36. The predicted octanol–water partition coefficient (Wildman–Crippen LogP) is 2.93. The molecule has 1 aromatic rings. The summed E-state index contributed by atoms with van der Waals surface area (Å²) >= 11 is 3.48. The van der Waals surface area contributed by atoms with E-state index in [0.29, 0.717) is 5.88 Å². The lowest BCUT2D eigenvalue weighted by atomic mass is 9.80. The smallest absolute Gasteiger partial charge is 0.474 e. The molecular formula is C14H21BBrNO3. The summed E-state index contributed by atoms with van der Waals surface area (Å²) in [6, 6.07) is 1.94. The summed E-state index contributed by atoms with van der Waals surface area (Å²) in [6.07, 6.45) is 1.83. The molecule has 6 heteroatoms. The number of pyridine rings is 1. The van der Waals surface area contributed by atoms with Crippen LogP contribution in [0, 0.1) is 0 Å². The van der Waals surface area contributed by atoms with E-state index in [1.807, 2.05) is 47.6 Å². The number of rotatable bonds is 3. The average Bonchev–Trinajstić information content (AvgIpc) is 2.50. The maximum Gasteiger partial charge on any atom is 0.496 e. The minimum absolute atomic E-state index is 0.0847. The number of aromatic nitrogens is 1. The molecule has 0 spiro atoms. The van der Waals surface area contributed by atoms with Crippen LogP contribution in [-0.4, -0.2) is 29.4 Å². The van der Waals surface area contributed by atoms with E-state index in [9.17, 15) is 0 Å². The topological polar surface area (TPSA) is 40.6 Å². The van der Waals surface area contributed by atoms with Gasteiger partial charge in [0.1, 0.15) is 0 Å². The minimum Gasteiger partial charge on any atom is -0.474 e. The summed E-state index contributed by atoms with van der Waals surface area (Å²) in [5.74, 6) is 0.584. The Morgan fingerprint density at radius 1 is 1.20 bits per heavy atom. The summed E-state index contributed by atoms with van der Waals surface area (Å²) in [5, 5.41) is 0. The first kappa shape index (κ1) is 15.8. The Kier molecular flexibility index (Phi) is 4.20. The monoisotopic (exact) mass is 341 g/mol. The van der Waals surface area contributed by atoms with Crippen LogP contribution in [0.25, 0.3) is 0 Å². The first-order valence-electron chi connectivity index (χ1n) is 6.80. The molecule has 2 heterocycles. The fraction of sp³-hybridized carbons (Fsp3) is 0.643. The number of ether oxygens (including phenoxy) is 1. The van der Waals surface area contributed by atoms with Crippen molar-refractivity contribution >= 4 is 28.5 Å². The van der Waals surface area contributed by atoms with Crippen molar-refractivity contribution in [1.82, 2.24) is 4.98 Å². The van der Waals surface area contributed by atoms with E-state index in [4.69, 9.17) is 14.0 Å². The van der Waals surface area contributed by atoms with Gasteiger partial charge >= 0.3 is 7.12 Å². The summed E-state index contributed by atoms with van der Waals surface area (Å²) < 4.78 is 18.4. The summed E-state index contributed by atoms with van der Waals surface area (Å²) in [4.78, 5) is 4.33. The van der Waals surface area contributed by atoms with Gasteiger partial charge in [-0.05, 0) is 63.5 Å². The van der Waals surface area contributed by atoms with E-state index in [0.717, 1.165) is 9.94 Å². The molecule has 1 aliphatic heterocycles. The lowest BCUT2D eigenvalue weighted by molar-refractivity contribution is 0.00578. The van der Waals surface area contributed by atoms with Gasteiger partial charge in [-0.2, -0.15) is 0 Å². The Balaban J connectivity index is 2.22. The van der Waals surface area contributed by atoms with Crippen LogP contribution in [0.15, 0.2) is 16.7 Å². The first-order chi connectivity index (χ1) is 9.12. The van der Waals surface area contributed by atoms with Crippen LogP contribution in [0.5, 0.6) is 5.88 Å². The second kappa shape index (κ2) is 5.32. The third kappa shape index (κ3) is 3.02. The van der Waals surface area contributed by atoms with Crippen LogP contribution in [0.2, 0.25) is 0 Å². The highest BCUT2D eigenvalue weighted by atomic mass is 79.9. The van der Waals surface area contributed by atoms with Crippen molar-refractivity contribution in [3.8, 4) is 5.88 Å². The van der Waals surface area contributed by atoms with Crippen molar-refractivity contribution in [3.63, 3.8) is 0 Å². The van der Waals surface area contributed by atoms with Crippen molar-refractivity contribution in [2.75, 3.05) is 0 Å². The van der Waals surface area contributed by atoms with Gasteiger partial charge in [-0.3, -0.25) is 0 Å². The Morgan fingerprint density at radius 3 is 2.20 bits per heavy atom. The van der Waals surface area contributed by atoms with E-state index in [-0.39, 0.29) is 17.3 Å². The molecule has 0 amide bonds. The van der Waals surface area contributed by atoms with Crippen LogP contribution in [0.4, 0.5) is 0 Å². The molecule has 1 aromatic heterocycles. The quantitative estimate of drug-likeness (QED) is 0.792. The summed E-state index contributed by atoms with van der Waals surface area (Å²) in [7, 11) is -0.406. The molecule has 1 fully saturated rings. The Bertz CT molecular complexity index is 489. The number of hydrogen-bond acceptors (Lipinski definition) is 4. The van der Waals surface area contributed by atoms with Gasteiger partial charge in [0.25, 0.3) is 0 Å². The lowest BCUT2D eigenvalue weighted by Crippen LogP contribution is -2.41. The van der Waals surface area contributed by atoms with Crippen LogP contribution in [-0.2, 0) is 9.31 Å². The van der Waals surface area contributed by atoms with Crippen LogP contribution >= 0.6 is 15.9 Å². The average molecular weight is 342 g/mol. The first-order valence-corrected chi connectivity index (χ1v) is 7.59. The van der Waals surface area contributed by atoms with Gasteiger partial charge in [-0.15, -0.1) is 0 Å². The van der Waals surface area contributed by atoms with Crippen molar-refractivity contribution in [1.29, 1.82) is 0 Å². The molecular weight excluding hydrogens is 321 g/mol. The summed E-state index contributed by atoms with van der Waals surface area (Å²) in [5.41, 5.74) is 0.181. The lowest BCUT2D eigenvalue weighted by Gasteiger charge is -2.32. The van der Waals surface area contributed by atoms with E-state index < -0.39 is 7.12 Å². The fourth-order valence-corrected chi connectivity index (χ4v) is 2.32. The standard InChI is InChI=1S/C14H21BBrNO3/c1-9(2)18-12-11(16)7-10(8-17-12)15-19-13(3,4)14(5,6)20-15/h7-9H,1-6H3. The molecule has 20 heavy (non-hydrogen) atoms. The SMILES string of the molecule is CC(C)Oc1ncc(B2OC(C)(C)C(C)(C)O2)cc1Br. The second-order valence-electron chi connectivity index (χ2n) is 6.31. The normalized spacial score (nSPS) is 20.5. The summed E-state index contributed by atoms with van der Waals surface area (Å²) in [6.45, 7) is 12.1. The Hall–Kier alpha value is -0.585. The maximum absolute atomic E-state index is 6.00. The molecule has 2 rings (SSSR count).